The van der Waals surface area contributed by atoms with Gasteiger partial charge in [-0.15, -0.1) is 0 Å². The van der Waals surface area contributed by atoms with Gasteiger partial charge in [-0.25, -0.2) is 9.18 Å². The molecule has 1 amide bonds. The number of nitrogens with one attached hydrogen (secondary N) is 2. The van der Waals surface area contributed by atoms with Crippen molar-refractivity contribution in [3.8, 4) is 5.88 Å². The molecule has 33 heavy (non-hydrogen) atoms. The first-order valence-corrected chi connectivity index (χ1v) is 11.8. The Bertz CT molecular complexity index is 1010. The number of hydrogen-bond acceptors (Lipinski definition) is 8. The number of aliphatic hydroxyl groups is 1. The summed E-state index contributed by atoms with van der Waals surface area (Å²) in [5, 5.41) is 25.5. The molecule has 1 aromatic carbocycles. The number of carbonyl (C=O) groups is 2. The van der Waals surface area contributed by atoms with Crippen molar-refractivity contribution in [3.63, 3.8) is 0 Å². The fraction of sp³-hybridized carbons (Fsp3) is 0.500. The van der Waals surface area contributed by atoms with Gasteiger partial charge < -0.3 is 30.5 Å². The molecule has 0 radical (unpaired) electrons. The molecule has 4 rings (SSSR count). The Morgan fingerprint density at radius 2 is 2.12 bits per heavy atom. The van der Waals surface area contributed by atoms with E-state index in [4.69, 9.17) is 4.74 Å². The average Bonchev–Trinajstić information content (AvgIpc) is 3.34. The normalized spacial score (nSPS) is 18.3. The van der Waals surface area contributed by atoms with Crippen molar-refractivity contribution < 1.29 is 28.9 Å². The van der Waals surface area contributed by atoms with Crippen molar-refractivity contribution in [1.82, 2.24) is 14.6 Å². The summed E-state index contributed by atoms with van der Waals surface area (Å²) in [6.07, 6.45) is 3.18. The number of aromatic carboxylic acids is 1. The predicted molar refractivity (Wildman–Crippen MR) is 120 cm³/mol. The molecule has 2 fully saturated rings. The molecular formula is C22H27FN4O5S. The number of amides is 1. The van der Waals surface area contributed by atoms with Crippen molar-refractivity contribution in [2.24, 2.45) is 0 Å². The predicted octanol–water partition coefficient (Wildman–Crippen LogP) is 2.32. The first-order valence-electron chi connectivity index (χ1n) is 11.0. The van der Waals surface area contributed by atoms with E-state index < -0.39 is 11.8 Å². The maximum atomic E-state index is 14.3. The highest BCUT2D eigenvalue weighted by Crippen LogP contribution is 2.31. The zero-order valence-electron chi connectivity index (χ0n) is 18.1. The average molecular weight is 479 g/mol. The van der Waals surface area contributed by atoms with Gasteiger partial charge in [-0.05, 0) is 62.0 Å². The lowest BCUT2D eigenvalue weighted by molar-refractivity contribution is 0.0692. The topological polar surface area (TPSA) is 124 Å². The van der Waals surface area contributed by atoms with Gasteiger partial charge in [0, 0.05) is 36.8 Å². The molecule has 2 heterocycles. The zero-order chi connectivity index (χ0) is 23.4. The SMILES string of the molecule is O=C(NC1CC1)c1ccc(F)c(COc2nsc(NCCCN3CC[C@@H](O)C3)c2C(=O)O)c1. The molecule has 1 atom stereocenters. The summed E-state index contributed by atoms with van der Waals surface area (Å²) in [5.41, 5.74) is 0.372. The monoisotopic (exact) mass is 478 g/mol. The van der Waals surface area contributed by atoms with Crippen LogP contribution in [0.1, 0.15) is 52.0 Å². The summed E-state index contributed by atoms with van der Waals surface area (Å²) in [6, 6.07) is 4.20. The fourth-order valence-electron chi connectivity index (χ4n) is 3.67. The van der Waals surface area contributed by atoms with Crippen LogP contribution in [0.15, 0.2) is 18.2 Å². The van der Waals surface area contributed by atoms with E-state index in [1.54, 1.807) is 0 Å². The minimum absolute atomic E-state index is 0.0927. The zero-order valence-corrected chi connectivity index (χ0v) is 18.9. The Hall–Kier alpha value is -2.76. The van der Waals surface area contributed by atoms with E-state index in [0.717, 1.165) is 50.3 Å². The Kier molecular flexibility index (Phi) is 7.41. The largest absolute Gasteiger partial charge is 0.477 e. The molecular weight excluding hydrogens is 451 g/mol. The number of aliphatic hydroxyl groups excluding tert-OH is 1. The number of benzene rings is 1. The van der Waals surface area contributed by atoms with Crippen molar-refractivity contribution in [3.05, 3.63) is 40.7 Å². The lowest BCUT2D eigenvalue weighted by Gasteiger charge is -2.14. The van der Waals surface area contributed by atoms with Crippen LogP contribution >= 0.6 is 11.5 Å². The van der Waals surface area contributed by atoms with E-state index in [1.165, 1.54) is 18.2 Å². The van der Waals surface area contributed by atoms with Crippen molar-refractivity contribution >= 4 is 28.4 Å². The second kappa shape index (κ2) is 10.4. The van der Waals surface area contributed by atoms with Crippen LogP contribution in [0.2, 0.25) is 0 Å². The third-order valence-electron chi connectivity index (χ3n) is 5.64. The van der Waals surface area contributed by atoms with E-state index >= 15 is 0 Å². The maximum Gasteiger partial charge on any atom is 0.344 e. The summed E-state index contributed by atoms with van der Waals surface area (Å²) in [6.45, 7) is 2.62. The Morgan fingerprint density at radius 3 is 2.82 bits per heavy atom. The molecule has 4 N–H and O–H groups in total. The molecule has 9 nitrogen and oxygen atoms in total. The minimum atomic E-state index is -1.19. The number of carbonyl (C=O) groups excluding carboxylic acids is 1. The lowest BCUT2D eigenvalue weighted by atomic mass is 10.1. The van der Waals surface area contributed by atoms with Crippen LogP contribution in [-0.2, 0) is 6.61 Å². The van der Waals surface area contributed by atoms with Gasteiger partial charge in [-0.1, -0.05) is 0 Å². The Labute approximate surface area is 194 Å². The highest BCUT2D eigenvalue weighted by molar-refractivity contribution is 7.10. The summed E-state index contributed by atoms with van der Waals surface area (Å²) in [4.78, 5) is 26.2. The summed E-state index contributed by atoms with van der Waals surface area (Å²) < 4.78 is 23.9. The number of nitrogens with zero attached hydrogens (tertiary/aromatic N) is 2. The fourth-order valence-corrected chi connectivity index (χ4v) is 4.42. The second-order valence-electron chi connectivity index (χ2n) is 8.36. The number of rotatable bonds is 11. The first-order chi connectivity index (χ1) is 15.9. The van der Waals surface area contributed by atoms with Gasteiger partial charge in [0.25, 0.3) is 5.91 Å². The number of carboxylic acids is 1. The van der Waals surface area contributed by atoms with E-state index in [0.29, 0.717) is 23.7 Å². The maximum absolute atomic E-state index is 14.3. The number of likely N-dealkylation sites (tertiary alicyclic amines) is 1. The quantitative estimate of drug-likeness (QED) is 0.363. The van der Waals surface area contributed by atoms with Crippen molar-refractivity contribution in [2.75, 3.05) is 31.5 Å². The van der Waals surface area contributed by atoms with E-state index in [-0.39, 0.29) is 41.7 Å². The Morgan fingerprint density at radius 1 is 1.30 bits per heavy atom. The molecule has 1 saturated heterocycles. The number of carboxylic acid groups (broad SMARTS) is 1. The number of anilines is 1. The molecule has 2 aromatic rings. The van der Waals surface area contributed by atoms with E-state index in [9.17, 15) is 24.2 Å². The third kappa shape index (κ3) is 6.18. The summed E-state index contributed by atoms with van der Waals surface area (Å²) in [7, 11) is 0. The highest BCUT2D eigenvalue weighted by atomic mass is 32.1. The van der Waals surface area contributed by atoms with Gasteiger partial charge in [0.1, 0.15) is 17.4 Å². The van der Waals surface area contributed by atoms with Gasteiger partial charge in [0.2, 0.25) is 5.88 Å². The molecule has 1 aliphatic heterocycles. The molecule has 1 saturated carbocycles. The number of aromatic nitrogens is 1. The van der Waals surface area contributed by atoms with E-state index in [2.05, 4.69) is 19.9 Å². The van der Waals surface area contributed by atoms with Gasteiger partial charge in [0.15, 0.2) is 5.56 Å². The van der Waals surface area contributed by atoms with Crippen LogP contribution in [0, 0.1) is 5.82 Å². The molecule has 0 unspecified atom stereocenters. The van der Waals surface area contributed by atoms with Crippen LogP contribution in [0.25, 0.3) is 0 Å². The van der Waals surface area contributed by atoms with Crippen LogP contribution in [0.3, 0.4) is 0 Å². The van der Waals surface area contributed by atoms with Gasteiger partial charge in [-0.3, -0.25) is 4.79 Å². The summed E-state index contributed by atoms with van der Waals surface area (Å²) >= 11 is 0.970. The molecule has 0 spiro atoms. The molecule has 1 aliphatic carbocycles. The van der Waals surface area contributed by atoms with Gasteiger partial charge >= 0.3 is 5.97 Å². The van der Waals surface area contributed by atoms with Crippen molar-refractivity contribution in [2.45, 2.75) is 44.4 Å². The highest BCUT2D eigenvalue weighted by Gasteiger charge is 2.25. The minimum Gasteiger partial charge on any atom is -0.477 e. The van der Waals surface area contributed by atoms with Gasteiger partial charge in [-0.2, -0.15) is 4.37 Å². The molecule has 1 aromatic heterocycles. The second-order valence-corrected chi connectivity index (χ2v) is 9.14. The molecule has 0 bridgehead atoms. The first kappa shape index (κ1) is 23.4. The number of ether oxygens (including phenoxy) is 1. The van der Waals surface area contributed by atoms with Crippen LogP contribution < -0.4 is 15.4 Å². The number of hydrogen-bond donors (Lipinski definition) is 4. The van der Waals surface area contributed by atoms with E-state index in [1.807, 2.05) is 0 Å². The molecule has 2 aliphatic rings. The Balaban J connectivity index is 1.34. The number of halogens is 1. The third-order valence-corrected chi connectivity index (χ3v) is 6.43. The van der Waals surface area contributed by atoms with Crippen LogP contribution in [0.4, 0.5) is 9.39 Å². The molecule has 178 valence electrons. The molecule has 11 heteroatoms. The van der Waals surface area contributed by atoms with Crippen LogP contribution in [-0.4, -0.2) is 69.7 Å². The number of β-amino-alcohol motifs (C(OH)–C–C–N with tert-alkyl or cyclic N) is 1. The van der Waals surface area contributed by atoms with Crippen LogP contribution in [0.5, 0.6) is 5.88 Å². The standard InChI is InChI=1S/C22H27FN4O5S/c23-17-5-2-13(19(29)25-15-3-4-15)10-14(17)12-32-20-18(22(30)31)21(33-26-20)24-7-1-8-27-9-6-16(28)11-27/h2,5,10,15-16,24,28H,1,3-4,6-9,11-12H2,(H,25,29)(H,30,31)/t16-/m1/s1. The smallest absolute Gasteiger partial charge is 0.344 e. The van der Waals surface area contributed by atoms with Crippen molar-refractivity contribution in [1.29, 1.82) is 0 Å². The lowest BCUT2D eigenvalue weighted by Crippen LogP contribution is -2.25. The van der Waals surface area contributed by atoms with Gasteiger partial charge in [0.05, 0.1) is 6.10 Å². The summed E-state index contributed by atoms with van der Waals surface area (Å²) in [5.74, 6) is -2.10.